The first-order chi connectivity index (χ1) is 17.9. The maximum atomic E-state index is 11.8. The van der Waals surface area contributed by atoms with E-state index in [1.165, 1.54) is 12.5 Å². The van der Waals surface area contributed by atoms with E-state index in [-0.39, 0.29) is 31.0 Å². The number of ether oxygens (including phenoxy) is 1. The van der Waals surface area contributed by atoms with Gasteiger partial charge in [-0.05, 0) is 102 Å². The summed E-state index contributed by atoms with van der Waals surface area (Å²) < 4.78 is 5.22. The number of allylic oxidation sites excluding steroid dienone is 7. The standard InChI is InChI=1S/C32H48O6/c1-22(2)10-7-12-26(21-38-25(5)35)13-8-11-23(3)28-16-18-32(30(28)36)29(14-9-19-33)27(24(4)20-34)15-17-31(32,6)37/h8,10-11,13,20,28-30,33,36-37H,3,7,9,12,14-19,21H2,1-2,4-6H3/t28-,29+,30+,31-,32-/m0/s1. The van der Waals surface area contributed by atoms with Gasteiger partial charge in [-0.25, -0.2) is 0 Å². The second-order valence-corrected chi connectivity index (χ2v) is 11.5. The van der Waals surface area contributed by atoms with Crippen molar-refractivity contribution in [2.45, 2.75) is 97.7 Å². The summed E-state index contributed by atoms with van der Waals surface area (Å²) in [5, 5.41) is 33.1. The second-order valence-electron chi connectivity index (χ2n) is 11.5. The Kier molecular flexibility index (Phi) is 11.9. The van der Waals surface area contributed by atoms with Crippen LogP contribution in [0.4, 0.5) is 0 Å². The van der Waals surface area contributed by atoms with Crippen LogP contribution >= 0.6 is 0 Å². The highest BCUT2D eigenvalue weighted by molar-refractivity contribution is 5.74. The Hall–Kier alpha value is -2.28. The molecule has 0 aliphatic heterocycles. The Labute approximate surface area is 228 Å². The van der Waals surface area contributed by atoms with Gasteiger partial charge in [-0.15, -0.1) is 0 Å². The summed E-state index contributed by atoms with van der Waals surface area (Å²) >= 11 is 0. The van der Waals surface area contributed by atoms with Crippen LogP contribution in [0, 0.1) is 17.3 Å². The molecule has 2 fully saturated rings. The van der Waals surface area contributed by atoms with Crippen molar-refractivity contribution >= 4 is 12.3 Å². The van der Waals surface area contributed by atoms with Crippen LogP contribution in [-0.2, 0) is 14.3 Å². The summed E-state index contributed by atoms with van der Waals surface area (Å²) in [5.41, 5.74) is 2.74. The van der Waals surface area contributed by atoms with E-state index in [1.807, 2.05) is 25.2 Å². The van der Waals surface area contributed by atoms with E-state index in [9.17, 15) is 24.9 Å². The molecule has 0 bridgehead atoms. The van der Waals surface area contributed by atoms with Gasteiger partial charge in [0, 0.05) is 24.9 Å². The maximum absolute atomic E-state index is 11.8. The van der Waals surface area contributed by atoms with Gasteiger partial charge in [-0.1, -0.05) is 42.0 Å². The monoisotopic (exact) mass is 528 g/mol. The lowest BCUT2D eigenvalue weighted by Gasteiger charge is -2.55. The minimum atomic E-state index is -1.11. The fourth-order valence-electron chi connectivity index (χ4n) is 6.54. The van der Waals surface area contributed by atoms with Crippen molar-refractivity contribution in [3.8, 4) is 0 Å². The number of aldehydes is 1. The number of hydrogen-bond acceptors (Lipinski definition) is 6. The smallest absolute Gasteiger partial charge is 0.302 e. The lowest BCUT2D eigenvalue weighted by molar-refractivity contribution is -0.167. The van der Waals surface area contributed by atoms with Gasteiger partial charge in [0.05, 0.1) is 11.7 Å². The first kappa shape index (κ1) is 31.9. The first-order valence-electron chi connectivity index (χ1n) is 13.9. The molecule has 0 saturated heterocycles. The molecule has 0 amide bonds. The summed E-state index contributed by atoms with van der Waals surface area (Å²) in [6.07, 6.45) is 13.1. The molecule has 6 nitrogen and oxygen atoms in total. The predicted molar refractivity (Wildman–Crippen MR) is 151 cm³/mol. The summed E-state index contributed by atoms with van der Waals surface area (Å²) in [7, 11) is 0. The highest BCUT2D eigenvalue weighted by Crippen LogP contribution is 2.62. The molecule has 0 radical (unpaired) electrons. The van der Waals surface area contributed by atoms with Gasteiger partial charge in [0.15, 0.2) is 0 Å². The summed E-state index contributed by atoms with van der Waals surface area (Å²) in [6.45, 7) is 13.6. The third-order valence-corrected chi connectivity index (χ3v) is 8.64. The van der Waals surface area contributed by atoms with Gasteiger partial charge in [0.1, 0.15) is 12.9 Å². The van der Waals surface area contributed by atoms with E-state index in [4.69, 9.17) is 4.74 Å². The molecule has 2 rings (SSSR count). The third-order valence-electron chi connectivity index (χ3n) is 8.64. The molecule has 5 atom stereocenters. The minimum absolute atomic E-state index is 0.0206. The van der Waals surface area contributed by atoms with E-state index < -0.39 is 17.1 Å². The molecule has 0 aromatic rings. The van der Waals surface area contributed by atoms with E-state index in [0.717, 1.165) is 35.8 Å². The van der Waals surface area contributed by atoms with Crippen LogP contribution in [0.5, 0.6) is 0 Å². The van der Waals surface area contributed by atoms with Crippen LogP contribution in [0.3, 0.4) is 0 Å². The van der Waals surface area contributed by atoms with E-state index in [0.29, 0.717) is 44.1 Å². The Bertz CT molecular complexity index is 978. The fourth-order valence-corrected chi connectivity index (χ4v) is 6.54. The molecule has 1 spiro atoms. The molecule has 3 N–H and O–H groups in total. The highest BCUT2D eigenvalue weighted by atomic mass is 16.5. The summed E-state index contributed by atoms with van der Waals surface area (Å²) in [5.74, 6) is -0.744. The maximum Gasteiger partial charge on any atom is 0.302 e. The van der Waals surface area contributed by atoms with Crippen LogP contribution in [0.15, 0.2) is 58.7 Å². The Balaban J connectivity index is 2.31. The molecule has 0 aromatic heterocycles. The third kappa shape index (κ3) is 7.43. The molecule has 2 aliphatic carbocycles. The van der Waals surface area contributed by atoms with Gasteiger partial charge in [0.25, 0.3) is 0 Å². The Morgan fingerprint density at radius 3 is 2.53 bits per heavy atom. The van der Waals surface area contributed by atoms with E-state index in [1.54, 1.807) is 6.92 Å². The number of carbonyl (C=O) groups is 2. The van der Waals surface area contributed by atoms with Crippen molar-refractivity contribution in [2.24, 2.45) is 17.3 Å². The zero-order chi connectivity index (χ0) is 28.5. The molecule has 38 heavy (non-hydrogen) atoms. The number of hydrogen-bond donors (Lipinski definition) is 3. The fraction of sp³-hybridized carbons (Fsp3) is 0.625. The van der Waals surface area contributed by atoms with Gasteiger partial charge < -0.3 is 20.1 Å². The number of rotatable bonds is 12. The van der Waals surface area contributed by atoms with Gasteiger partial charge in [-0.3, -0.25) is 9.59 Å². The SMILES string of the molecule is C=C(C=CC=C(CCC=C(C)C)COC(C)=O)[C@@H]1CC[C@]2([C@H](CCCO)C(=C(C)C=O)CC[C@]2(C)O)[C@@H]1O. The Morgan fingerprint density at radius 2 is 1.92 bits per heavy atom. The largest absolute Gasteiger partial charge is 0.461 e. The number of aliphatic hydroxyl groups excluding tert-OH is 2. The van der Waals surface area contributed by atoms with Crippen molar-refractivity contribution in [2.75, 3.05) is 13.2 Å². The molecular formula is C32H48O6. The molecule has 6 heteroatoms. The van der Waals surface area contributed by atoms with Crippen molar-refractivity contribution in [1.82, 2.24) is 0 Å². The van der Waals surface area contributed by atoms with Crippen molar-refractivity contribution in [3.63, 3.8) is 0 Å². The first-order valence-corrected chi connectivity index (χ1v) is 13.9. The van der Waals surface area contributed by atoms with Crippen LogP contribution in [-0.4, -0.2) is 52.5 Å². The zero-order valence-corrected chi connectivity index (χ0v) is 24.0. The van der Waals surface area contributed by atoms with E-state index in [2.05, 4.69) is 26.5 Å². The minimum Gasteiger partial charge on any atom is -0.461 e. The molecule has 2 saturated carbocycles. The van der Waals surface area contributed by atoms with Crippen molar-refractivity contribution in [1.29, 1.82) is 0 Å². The molecule has 2 aliphatic rings. The molecule has 0 heterocycles. The van der Waals surface area contributed by atoms with Gasteiger partial charge in [-0.2, -0.15) is 0 Å². The number of esters is 1. The lowest BCUT2D eigenvalue weighted by atomic mass is 9.52. The van der Waals surface area contributed by atoms with Gasteiger partial charge in [0.2, 0.25) is 0 Å². The molecule has 0 aromatic carbocycles. The van der Waals surface area contributed by atoms with Crippen molar-refractivity contribution in [3.05, 3.63) is 58.7 Å². The summed E-state index contributed by atoms with van der Waals surface area (Å²) in [6, 6.07) is 0. The van der Waals surface area contributed by atoms with Crippen LogP contribution in [0.25, 0.3) is 0 Å². The quantitative estimate of drug-likeness (QED) is 0.101. The normalized spacial score (nSPS) is 30.9. The number of carbonyl (C=O) groups excluding carboxylic acids is 2. The predicted octanol–water partition coefficient (Wildman–Crippen LogP) is 5.54. The van der Waals surface area contributed by atoms with E-state index >= 15 is 0 Å². The molecular weight excluding hydrogens is 480 g/mol. The average Bonchev–Trinajstić information content (AvgIpc) is 3.20. The van der Waals surface area contributed by atoms with Crippen LogP contribution in [0.1, 0.15) is 86.0 Å². The summed E-state index contributed by atoms with van der Waals surface area (Å²) in [4.78, 5) is 23.0. The zero-order valence-electron chi connectivity index (χ0n) is 24.0. The Morgan fingerprint density at radius 1 is 1.21 bits per heavy atom. The van der Waals surface area contributed by atoms with Gasteiger partial charge >= 0.3 is 5.97 Å². The average molecular weight is 529 g/mol. The molecule has 212 valence electrons. The van der Waals surface area contributed by atoms with Crippen LogP contribution in [0.2, 0.25) is 0 Å². The van der Waals surface area contributed by atoms with Crippen LogP contribution < -0.4 is 0 Å². The highest BCUT2D eigenvalue weighted by Gasteiger charge is 2.63. The topological polar surface area (TPSA) is 104 Å². The number of aliphatic hydroxyl groups is 3. The van der Waals surface area contributed by atoms with Crippen molar-refractivity contribution < 1.29 is 29.6 Å². The second kappa shape index (κ2) is 14.2. The molecule has 0 unspecified atom stereocenters. The lowest BCUT2D eigenvalue weighted by Crippen LogP contribution is -2.59.